The molecule has 1 saturated heterocycles. The molecular weight excluding hydrogens is 378 g/mol. The van der Waals surface area contributed by atoms with Crippen LogP contribution in [0.15, 0.2) is 36.7 Å². The first-order valence-electron chi connectivity index (χ1n) is 10.9. The highest BCUT2D eigenvalue weighted by Crippen LogP contribution is 2.30. The lowest BCUT2D eigenvalue weighted by Crippen LogP contribution is -2.49. The molecule has 1 aromatic carbocycles. The van der Waals surface area contributed by atoms with E-state index in [2.05, 4.69) is 4.90 Å². The Morgan fingerprint density at radius 2 is 1.83 bits per heavy atom. The molecule has 2 aliphatic rings. The second-order valence-electron chi connectivity index (χ2n) is 7.91. The number of ether oxygens (including phenoxy) is 1. The van der Waals surface area contributed by atoms with E-state index < -0.39 is 0 Å². The van der Waals surface area contributed by atoms with Gasteiger partial charge in [0.1, 0.15) is 11.3 Å². The van der Waals surface area contributed by atoms with E-state index in [0.717, 1.165) is 43.0 Å². The number of aryl methyl sites for hydroxylation is 2. The minimum atomic E-state index is 0.0746. The molecule has 0 bridgehead atoms. The van der Waals surface area contributed by atoms with Gasteiger partial charge in [-0.2, -0.15) is 5.10 Å². The number of fused-ring (bicyclic) bond motifs is 3. The van der Waals surface area contributed by atoms with Crippen LogP contribution in [-0.2, 0) is 12.8 Å². The molecule has 0 spiro atoms. The van der Waals surface area contributed by atoms with Crippen LogP contribution in [0.3, 0.4) is 0 Å². The normalized spacial score (nSPS) is 16.6. The quantitative estimate of drug-likeness (QED) is 0.668. The molecule has 0 atom stereocenters. The van der Waals surface area contributed by atoms with Crippen molar-refractivity contribution in [1.29, 1.82) is 0 Å². The summed E-state index contributed by atoms with van der Waals surface area (Å²) in [5.74, 6) is 1.87. The Morgan fingerprint density at radius 1 is 1.07 bits per heavy atom. The number of carbonyl (C=O) groups is 1. The van der Waals surface area contributed by atoms with Gasteiger partial charge in [-0.3, -0.25) is 4.79 Å². The molecule has 1 fully saturated rings. The van der Waals surface area contributed by atoms with E-state index in [-0.39, 0.29) is 5.91 Å². The molecule has 1 aliphatic carbocycles. The molecule has 156 valence electrons. The summed E-state index contributed by atoms with van der Waals surface area (Å²) < 4.78 is 7.47. The van der Waals surface area contributed by atoms with Crippen molar-refractivity contribution in [3.05, 3.63) is 53.5 Å². The lowest BCUT2D eigenvalue weighted by Gasteiger charge is -2.35. The summed E-state index contributed by atoms with van der Waals surface area (Å²) in [7, 11) is 0. The maximum atomic E-state index is 12.9. The van der Waals surface area contributed by atoms with Gasteiger partial charge in [0, 0.05) is 49.7 Å². The van der Waals surface area contributed by atoms with Gasteiger partial charge in [-0.25, -0.2) is 9.50 Å². The molecule has 30 heavy (non-hydrogen) atoms. The largest absolute Gasteiger partial charge is 0.494 e. The van der Waals surface area contributed by atoms with Gasteiger partial charge in [0.05, 0.1) is 12.3 Å². The van der Waals surface area contributed by atoms with E-state index in [0.29, 0.717) is 25.3 Å². The number of hydrogen-bond donors (Lipinski definition) is 0. The summed E-state index contributed by atoms with van der Waals surface area (Å²) >= 11 is 0. The van der Waals surface area contributed by atoms with Crippen LogP contribution in [0.4, 0.5) is 5.82 Å². The number of piperazine rings is 1. The van der Waals surface area contributed by atoms with Gasteiger partial charge >= 0.3 is 0 Å². The van der Waals surface area contributed by atoms with Crippen LogP contribution in [0.5, 0.6) is 5.75 Å². The fourth-order valence-corrected chi connectivity index (χ4v) is 4.54. The van der Waals surface area contributed by atoms with Crippen molar-refractivity contribution in [3.8, 4) is 5.75 Å². The topological polar surface area (TPSA) is 63.0 Å². The molecule has 0 saturated carbocycles. The summed E-state index contributed by atoms with van der Waals surface area (Å²) in [5.41, 5.74) is 4.44. The molecule has 3 aromatic rings. The molecule has 0 N–H and O–H groups in total. The first-order valence-corrected chi connectivity index (χ1v) is 10.9. The average molecular weight is 406 g/mol. The Labute approximate surface area is 176 Å². The van der Waals surface area contributed by atoms with Gasteiger partial charge in [0.25, 0.3) is 5.91 Å². The number of aromatic nitrogens is 3. The number of benzene rings is 1. The number of rotatable bonds is 4. The van der Waals surface area contributed by atoms with Gasteiger partial charge in [0.2, 0.25) is 0 Å². The van der Waals surface area contributed by atoms with E-state index in [9.17, 15) is 4.79 Å². The zero-order chi connectivity index (χ0) is 20.5. The molecule has 7 nitrogen and oxygen atoms in total. The molecular formula is C23H27N5O2. The second kappa shape index (κ2) is 7.97. The molecule has 3 heterocycles. The van der Waals surface area contributed by atoms with Gasteiger partial charge in [-0.05, 0) is 56.9 Å². The van der Waals surface area contributed by atoms with Crippen LogP contribution in [0, 0.1) is 0 Å². The third kappa shape index (κ3) is 3.38. The SMILES string of the molecule is CCOc1ccc(C(=O)N2CCN(c3nccn4nc5c(c34)CCCC5)CC2)cc1. The van der Waals surface area contributed by atoms with E-state index in [1.54, 1.807) is 0 Å². The number of amides is 1. The van der Waals surface area contributed by atoms with Crippen LogP contribution < -0.4 is 9.64 Å². The first kappa shape index (κ1) is 18.9. The van der Waals surface area contributed by atoms with Crippen LogP contribution in [-0.4, -0.2) is 58.2 Å². The third-order valence-electron chi connectivity index (χ3n) is 6.08. The molecule has 1 aliphatic heterocycles. The number of anilines is 1. The summed E-state index contributed by atoms with van der Waals surface area (Å²) in [4.78, 5) is 21.9. The van der Waals surface area contributed by atoms with Crippen molar-refractivity contribution in [2.75, 3.05) is 37.7 Å². The Bertz CT molecular complexity index is 1050. The van der Waals surface area contributed by atoms with E-state index in [4.69, 9.17) is 14.8 Å². The van der Waals surface area contributed by atoms with Crippen molar-refractivity contribution < 1.29 is 9.53 Å². The second-order valence-corrected chi connectivity index (χ2v) is 7.91. The minimum absolute atomic E-state index is 0.0746. The molecule has 7 heteroatoms. The lowest BCUT2D eigenvalue weighted by atomic mass is 9.97. The zero-order valence-electron chi connectivity index (χ0n) is 17.4. The van der Waals surface area contributed by atoms with E-state index in [1.807, 2.05) is 53.0 Å². The standard InChI is InChI=1S/C23H27N5O2/c1-2-30-18-9-7-17(8-10-18)23(29)27-15-13-26(14-16-27)22-21-19-5-3-4-6-20(19)25-28(21)12-11-24-22/h7-12H,2-6,13-16H2,1H3. The van der Waals surface area contributed by atoms with E-state index >= 15 is 0 Å². The molecule has 1 amide bonds. The fourth-order valence-electron chi connectivity index (χ4n) is 4.54. The predicted octanol–water partition coefficient (Wildman–Crippen LogP) is 2.97. The van der Waals surface area contributed by atoms with Gasteiger partial charge in [0.15, 0.2) is 5.82 Å². The van der Waals surface area contributed by atoms with Crippen molar-refractivity contribution in [3.63, 3.8) is 0 Å². The van der Waals surface area contributed by atoms with Crippen LogP contribution in [0.25, 0.3) is 5.52 Å². The van der Waals surface area contributed by atoms with Gasteiger partial charge in [-0.1, -0.05) is 0 Å². The van der Waals surface area contributed by atoms with Crippen molar-refractivity contribution in [2.45, 2.75) is 32.6 Å². The Hall–Kier alpha value is -3.09. The number of nitrogens with zero attached hydrogens (tertiary/aromatic N) is 5. The highest BCUT2D eigenvalue weighted by molar-refractivity contribution is 5.94. The summed E-state index contributed by atoms with van der Waals surface area (Å²) in [6.45, 7) is 5.49. The first-order chi connectivity index (χ1) is 14.7. The highest BCUT2D eigenvalue weighted by atomic mass is 16.5. The Balaban J connectivity index is 1.31. The fraction of sp³-hybridized carbons (Fsp3) is 0.435. The number of hydrogen-bond acceptors (Lipinski definition) is 5. The smallest absolute Gasteiger partial charge is 0.253 e. The summed E-state index contributed by atoms with van der Waals surface area (Å²) in [6.07, 6.45) is 8.34. The molecule has 0 radical (unpaired) electrons. The maximum Gasteiger partial charge on any atom is 0.253 e. The zero-order valence-corrected chi connectivity index (χ0v) is 17.4. The van der Waals surface area contributed by atoms with Crippen molar-refractivity contribution >= 4 is 17.2 Å². The van der Waals surface area contributed by atoms with Gasteiger partial charge in [-0.15, -0.1) is 0 Å². The Morgan fingerprint density at radius 3 is 2.60 bits per heavy atom. The molecule has 0 unspecified atom stereocenters. The summed E-state index contributed by atoms with van der Waals surface area (Å²) in [6, 6.07) is 7.42. The average Bonchev–Trinajstić information content (AvgIpc) is 3.18. The van der Waals surface area contributed by atoms with Crippen molar-refractivity contribution in [1.82, 2.24) is 19.5 Å². The molecule has 5 rings (SSSR count). The maximum absolute atomic E-state index is 12.9. The monoisotopic (exact) mass is 405 g/mol. The van der Waals surface area contributed by atoms with E-state index in [1.165, 1.54) is 24.1 Å². The molecule has 2 aromatic heterocycles. The lowest BCUT2D eigenvalue weighted by molar-refractivity contribution is 0.0746. The predicted molar refractivity (Wildman–Crippen MR) is 115 cm³/mol. The summed E-state index contributed by atoms with van der Waals surface area (Å²) in [5, 5.41) is 4.79. The van der Waals surface area contributed by atoms with Crippen molar-refractivity contribution in [2.24, 2.45) is 0 Å². The minimum Gasteiger partial charge on any atom is -0.494 e. The van der Waals surface area contributed by atoms with Crippen LogP contribution in [0.1, 0.15) is 41.4 Å². The van der Waals surface area contributed by atoms with Gasteiger partial charge < -0.3 is 14.5 Å². The van der Waals surface area contributed by atoms with Crippen LogP contribution >= 0.6 is 0 Å². The third-order valence-corrected chi connectivity index (χ3v) is 6.08. The number of carbonyl (C=O) groups excluding carboxylic acids is 1. The Kier molecular flexibility index (Phi) is 5.02. The van der Waals surface area contributed by atoms with Crippen LogP contribution in [0.2, 0.25) is 0 Å². The highest BCUT2D eigenvalue weighted by Gasteiger charge is 2.26.